The van der Waals surface area contributed by atoms with Crippen molar-refractivity contribution < 1.29 is 9.47 Å². The highest BCUT2D eigenvalue weighted by atomic mass is 16.7. The molecule has 0 aromatic carbocycles. The van der Waals surface area contributed by atoms with Gasteiger partial charge in [-0.2, -0.15) is 0 Å². The first-order valence-corrected chi connectivity index (χ1v) is 4.48. The summed E-state index contributed by atoms with van der Waals surface area (Å²) in [6.45, 7) is 9.67. The van der Waals surface area contributed by atoms with Crippen LogP contribution in [0.25, 0.3) is 0 Å². The topological polar surface area (TPSA) is 18.5 Å². The highest BCUT2D eigenvalue weighted by molar-refractivity contribution is 5.08. The highest BCUT2D eigenvalue weighted by Gasteiger charge is 2.58. The Hall–Kier alpha value is -0.340. The second-order valence-corrected chi connectivity index (χ2v) is 4.60. The normalized spacial score (nSPS) is 36.3. The fourth-order valence-corrected chi connectivity index (χ4v) is 1.56. The van der Waals surface area contributed by atoms with E-state index in [2.05, 4.69) is 20.4 Å². The summed E-state index contributed by atoms with van der Waals surface area (Å²) in [6.07, 6.45) is 2.92. The first-order valence-electron chi connectivity index (χ1n) is 4.48. The molecular weight excluding hydrogens is 152 g/mol. The molecule has 12 heavy (non-hydrogen) atoms. The van der Waals surface area contributed by atoms with Gasteiger partial charge in [0, 0.05) is 17.8 Å². The van der Waals surface area contributed by atoms with Crippen molar-refractivity contribution >= 4 is 0 Å². The molecule has 2 rings (SSSR count). The molecule has 2 heteroatoms. The number of ether oxygens (including phenoxy) is 2. The van der Waals surface area contributed by atoms with Crippen molar-refractivity contribution in [3.8, 4) is 0 Å². The molecule has 2 fully saturated rings. The molecule has 0 aromatic rings. The average Bonchev–Trinajstić information content (AvgIpc) is 2.72. The summed E-state index contributed by atoms with van der Waals surface area (Å²) in [5.74, 6) is 0.158. The van der Waals surface area contributed by atoms with E-state index in [4.69, 9.17) is 9.47 Å². The van der Waals surface area contributed by atoms with E-state index in [1.165, 1.54) is 0 Å². The van der Waals surface area contributed by atoms with Crippen molar-refractivity contribution in [2.24, 2.45) is 11.3 Å². The smallest absolute Gasteiger partial charge is 0.175 e. The van der Waals surface area contributed by atoms with Gasteiger partial charge in [-0.15, -0.1) is 6.58 Å². The maximum Gasteiger partial charge on any atom is 0.175 e. The summed E-state index contributed by atoms with van der Waals surface area (Å²) in [4.78, 5) is 0. The molecule has 1 spiro atoms. The Morgan fingerprint density at radius 2 is 1.92 bits per heavy atom. The molecule has 1 heterocycles. The Balaban J connectivity index is 1.96. The van der Waals surface area contributed by atoms with E-state index >= 15 is 0 Å². The van der Waals surface area contributed by atoms with Crippen LogP contribution in [0.15, 0.2) is 12.7 Å². The molecule has 1 saturated carbocycles. The third-order valence-corrected chi connectivity index (χ3v) is 2.61. The molecule has 2 aliphatic rings. The zero-order valence-electron chi connectivity index (χ0n) is 7.80. The summed E-state index contributed by atoms with van der Waals surface area (Å²) in [5, 5.41) is 0. The van der Waals surface area contributed by atoms with Crippen LogP contribution in [0.4, 0.5) is 0 Å². The number of rotatable bonds is 1. The summed E-state index contributed by atoms with van der Waals surface area (Å²) < 4.78 is 11.4. The van der Waals surface area contributed by atoms with Crippen molar-refractivity contribution in [3.63, 3.8) is 0 Å². The molecule has 2 nitrogen and oxygen atoms in total. The van der Waals surface area contributed by atoms with Gasteiger partial charge in [-0.05, 0) is 0 Å². The van der Waals surface area contributed by atoms with Crippen molar-refractivity contribution in [3.05, 3.63) is 12.7 Å². The second-order valence-electron chi connectivity index (χ2n) is 4.60. The molecule has 0 N–H and O–H groups in total. The Bertz CT molecular complexity index is 198. The minimum atomic E-state index is -0.267. The monoisotopic (exact) mass is 168 g/mol. The van der Waals surface area contributed by atoms with E-state index in [1.54, 1.807) is 0 Å². The van der Waals surface area contributed by atoms with Crippen LogP contribution in [-0.2, 0) is 9.47 Å². The molecule has 1 atom stereocenters. The number of hydrogen-bond acceptors (Lipinski definition) is 2. The van der Waals surface area contributed by atoms with Gasteiger partial charge in [0.15, 0.2) is 5.79 Å². The molecule has 68 valence electrons. The lowest BCUT2D eigenvalue weighted by Gasteiger charge is -2.35. The van der Waals surface area contributed by atoms with Gasteiger partial charge < -0.3 is 9.47 Å². The van der Waals surface area contributed by atoms with Gasteiger partial charge in [-0.3, -0.25) is 0 Å². The van der Waals surface area contributed by atoms with Crippen LogP contribution in [0, 0.1) is 11.3 Å². The predicted molar refractivity (Wildman–Crippen MR) is 46.7 cm³/mol. The van der Waals surface area contributed by atoms with Crippen molar-refractivity contribution in [2.45, 2.75) is 26.1 Å². The minimum absolute atomic E-state index is 0.180. The molecule has 0 aromatic heterocycles. The molecule has 1 aliphatic carbocycles. The third-order valence-electron chi connectivity index (χ3n) is 2.61. The van der Waals surface area contributed by atoms with E-state index in [9.17, 15) is 0 Å². The van der Waals surface area contributed by atoms with Crippen LogP contribution in [0.1, 0.15) is 20.3 Å². The van der Waals surface area contributed by atoms with Crippen LogP contribution in [0.5, 0.6) is 0 Å². The quantitative estimate of drug-likeness (QED) is 0.557. The standard InChI is InChI=1S/C10H16O2/c1-4-8-5-10(8)11-6-9(2,3)7-12-10/h4,8H,1,5-7H2,2-3H3. The van der Waals surface area contributed by atoms with E-state index in [1.807, 2.05) is 6.08 Å². The maximum absolute atomic E-state index is 5.70. The fraction of sp³-hybridized carbons (Fsp3) is 0.800. The molecular formula is C10H16O2. The molecule has 1 aliphatic heterocycles. The van der Waals surface area contributed by atoms with Crippen LogP contribution >= 0.6 is 0 Å². The highest BCUT2D eigenvalue weighted by Crippen LogP contribution is 2.52. The fourth-order valence-electron chi connectivity index (χ4n) is 1.56. The summed E-state index contributed by atoms with van der Waals surface area (Å²) in [5.41, 5.74) is 0.180. The summed E-state index contributed by atoms with van der Waals surface area (Å²) in [7, 11) is 0. The summed E-state index contributed by atoms with van der Waals surface area (Å²) >= 11 is 0. The molecule has 0 radical (unpaired) electrons. The van der Waals surface area contributed by atoms with Crippen LogP contribution in [0.2, 0.25) is 0 Å². The van der Waals surface area contributed by atoms with Gasteiger partial charge in [0.2, 0.25) is 0 Å². The SMILES string of the molecule is C=CC1CC12OCC(C)(C)CO2. The van der Waals surface area contributed by atoms with Crippen LogP contribution < -0.4 is 0 Å². The molecule has 1 unspecified atom stereocenters. The van der Waals surface area contributed by atoms with Crippen molar-refractivity contribution in [2.75, 3.05) is 13.2 Å². The Labute approximate surface area is 73.5 Å². The third kappa shape index (κ3) is 1.19. The van der Waals surface area contributed by atoms with E-state index in [0.717, 1.165) is 19.6 Å². The lowest BCUT2D eigenvalue weighted by Crippen LogP contribution is -2.40. The largest absolute Gasteiger partial charge is 0.349 e. The van der Waals surface area contributed by atoms with Gasteiger partial charge in [-0.25, -0.2) is 0 Å². The average molecular weight is 168 g/mol. The minimum Gasteiger partial charge on any atom is -0.349 e. The maximum atomic E-state index is 5.70. The van der Waals surface area contributed by atoms with E-state index in [-0.39, 0.29) is 11.2 Å². The van der Waals surface area contributed by atoms with Gasteiger partial charge in [-0.1, -0.05) is 19.9 Å². The molecule has 0 bridgehead atoms. The Morgan fingerprint density at radius 3 is 2.33 bits per heavy atom. The Morgan fingerprint density at radius 1 is 1.33 bits per heavy atom. The van der Waals surface area contributed by atoms with Gasteiger partial charge in [0.05, 0.1) is 13.2 Å². The lowest BCUT2D eigenvalue weighted by molar-refractivity contribution is -0.247. The summed E-state index contributed by atoms with van der Waals surface area (Å²) in [6, 6.07) is 0. The van der Waals surface area contributed by atoms with Gasteiger partial charge >= 0.3 is 0 Å². The molecule has 0 amide bonds. The Kier molecular flexibility index (Phi) is 1.61. The predicted octanol–water partition coefficient (Wildman–Crippen LogP) is 1.96. The van der Waals surface area contributed by atoms with Crippen molar-refractivity contribution in [1.82, 2.24) is 0 Å². The first-order chi connectivity index (χ1) is 5.58. The van der Waals surface area contributed by atoms with Crippen molar-refractivity contribution in [1.29, 1.82) is 0 Å². The zero-order chi connectivity index (χ0) is 8.82. The molecule has 1 saturated heterocycles. The number of hydrogen-bond donors (Lipinski definition) is 0. The van der Waals surface area contributed by atoms with Gasteiger partial charge in [0.1, 0.15) is 0 Å². The van der Waals surface area contributed by atoms with Crippen LogP contribution in [0.3, 0.4) is 0 Å². The first kappa shape index (κ1) is 8.27. The van der Waals surface area contributed by atoms with Gasteiger partial charge in [0.25, 0.3) is 0 Å². The zero-order valence-corrected chi connectivity index (χ0v) is 7.80. The second kappa shape index (κ2) is 2.33. The lowest BCUT2D eigenvalue weighted by atomic mass is 9.95. The van der Waals surface area contributed by atoms with Crippen LogP contribution in [-0.4, -0.2) is 19.0 Å². The van der Waals surface area contributed by atoms with E-state index < -0.39 is 0 Å². The van der Waals surface area contributed by atoms with E-state index in [0.29, 0.717) is 5.92 Å².